The normalized spacial score (nSPS) is 16.2. The van der Waals surface area contributed by atoms with Crippen LogP contribution in [0.3, 0.4) is 0 Å². The van der Waals surface area contributed by atoms with Crippen molar-refractivity contribution in [1.29, 1.82) is 0 Å². The Kier molecular flexibility index (Phi) is 6.24. The number of nitrogens with zero attached hydrogens (tertiary/aromatic N) is 1. The van der Waals surface area contributed by atoms with Gasteiger partial charge in [-0.15, -0.1) is 0 Å². The number of carbonyl (C=O) groups excluding carboxylic acids is 1. The summed E-state index contributed by atoms with van der Waals surface area (Å²) in [5.41, 5.74) is 2.54. The number of hydrogen-bond acceptors (Lipinski definition) is 2. The van der Waals surface area contributed by atoms with Crippen LogP contribution in [-0.4, -0.2) is 37.0 Å². The second-order valence-corrected chi connectivity index (χ2v) is 6.12. The molecule has 1 aliphatic heterocycles. The lowest BCUT2D eigenvalue weighted by molar-refractivity contribution is -0.132. The molecule has 1 saturated heterocycles. The standard InChI is InChI=1S/C18H28N2O/c1-3-19-14-17-9-11-20(12-10-17)18(21)8-7-16-6-4-5-15(2)13-16/h4-6,13,17,19H,3,7-12,14H2,1-2H3. The molecule has 0 atom stereocenters. The largest absolute Gasteiger partial charge is 0.343 e. The molecule has 1 aromatic carbocycles. The minimum absolute atomic E-state index is 0.318. The van der Waals surface area contributed by atoms with Crippen LogP contribution in [0.4, 0.5) is 0 Å². The predicted octanol–water partition coefficient (Wildman–Crippen LogP) is 2.78. The summed E-state index contributed by atoms with van der Waals surface area (Å²) in [6.07, 6.45) is 3.78. The van der Waals surface area contributed by atoms with Gasteiger partial charge in [0.25, 0.3) is 0 Å². The minimum atomic E-state index is 0.318. The fourth-order valence-electron chi connectivity index (χ4n) is 3.01. The van der Waals surface area contributed by atoms with E-state index in [0.717, 1.165) is 51.4 Å². The fraction of sp³-hybridized carbons (Fsp3) is 0.611. The predicted molar refractivity (Wildman–Crippen MR) is 87.3 cm³/mol. The first-order valence-corrected chi connectivity index (χ1v) is 8.23. The summed E-state index contributed by atoms with van der Waals surface area (Å²) in [5, 5.41) is 3.41. The zero-order valence-corrected chi connectivity index (χ0v) is 13.4. The van der Waals surface area contributed by atoms with Crippen LogP contribution in [0.5, 0.6) is 0 Å². The van der Waals surface area contributed by atoms with E-state index in [9.17, 15) is 4.79 Å². The van der Waals surface area contributed by atoms with Crippen LogP contribution >= 0.6 is 0 Å². The zero-order chi connectivity index (χ0) is 15.1. The second-order valence-electron chi connectivity index (χ2n) is 6.12. The molecule has 3 heteroatoms. The van der Waals surface area contributed by atoms with Crippen molar-refractivity contribution < 1.29 is 4.79 Å². The molecule has 1 N–H and O–H groups in total. The van der Waals surface area contributed by atoms with Gasteiger partial charge in [-0.3, -0.25) is 4.79 Å². The van der Waals surface area contributed by atoms with Crippen molar-refractivity contribution in [2.75, 3.05) is 26.2 Å². The first-order chi connectivity index (χ1) is 10.2. The van der Waals surface area contributed by atoms with Gasteiger partial charge in [-0.05, 0) is 50.8 Å². The number of amides is 1. The van der Waals surface area contributed by atoms with E-state index >= 15 is 0 Å². The van der Waals surface area contributed by atoms with Gasteiger partial charge in [0, 0.05) is 19.5 Å². The van der Waals surface area contributed by atoms with Crippen molar-refractivity contribution in [3.05, 3.63) is 35.4 Å². The van der Waals surface area contributed by atoms with E-state index in [-0.39, 0.29) is 0 Å². The lowest BCUT2D eigenvalue weighted by Gasteiger charge is -2.32. The number of rotatable bonds is 6. The van der Waals surface area contributed by atoms with Gasteiger partial charge in [0.15, 0.2) is 0 Å². The van der Waals surface area contributed by atoms with Crippen LogP contribution in [0.2, 0.25) is 0 Å². The molecule has 0 unspecified atom stereocenters. The molecule has 1 aliphatic rings. The molecule has 1 aromatic rings. The van der Waals surface area contributed by atoms with E-state index in [1.807, 2.05) is 0 Å². The lowest BCUT2D eigenvalue weighted by Crippen LogP contribution is -2.40. The van der Waals surface area contributed by atoms with Gasteiger partial charge in [0.1, 0.15) is 0 Å². The monoisotopic (exact) mass is 288 g/mol. The van der Waals surface area contributed by atoms with Gasteiger partial charge >= 0.3 is 0 Å². The molecule has 3 nitrogen and oxygen atoms in total. The molecule has 0 saturated carbocycles. The first kappa shape index (κ1) is 16.0. The molecular weight excluding hydrogens is 260 g/mol. The van der Waals surface area contributed by atoms with Gasteiger partial charge < -0.3 is 10.2 Å². The van der Waals surface area contributed by atoms with Crippen molar-refractivity contribution in [3.8, 4) is 0 Å². The first-order valence-electron chi connectivity index (χ1n) is 8.23. The van der Waals surface area contributed by atoms with Crippen LogP contribution in [0, 0.1) is 12.8 Å². The Morgan fingerprint density at radius 2 is 2.10 bits per heavy atom. The third-order valence-corrected chi connectivity index (χ3v) is 4.36. The van der Waals surface area contributed by atoms with Crippen molar-refractivity contribution in [3.63, 3.8) is 0 Å². The second kappa shape index (κ2) is 8.18. The van der Waals surface area contributed by atoms with E-state index in [4.69, 9.17) is 0 Å². The molecular formula is C18H28N2O. The summed E-state index contributed by atoms with van der Waals surface area (Å²) in [6, 6.07) is 8.46. The van der Waals surface area contributed by atoms with Crippen molar-refractivity contribution in [2.24, 2.45) is 5.92 Å². The fourth-order valence-corrected chi connectivity index (χ4v) is 3.01. The average Bonchev–Trinajstić information content (AvgIpc) is 2.51. The van der Waals surface area contributed by atoms with Crippen LogP contribution in [-0.2, 0) is 11.2 Å². The summed E-state index contributed by atoms with van der Waals surface area (Å²) in [5.74, 6) is 1.06. The van der Waals surface area contributed by atoms with E-state index < -0.39 is 0 Å². The van der Waals surface area contributed by atoms with E-state index in [2.05, 4.69) is 48.3 Å². The van der Waals surface area contributed by atoms with E-state index in [0.29, 0.717) is 12.3 Å². The maximum atomic E-state index is 12.3. The van der Waals surface area contributed by atoms with Crippen molar-refractivity contribution >= 4 is 5.91 Å². The summed E-state index contributed by atoms with van der Waals surface area (Å²) >= 11 is 0. The highest BCUT2D eigenvalue weighted by atomic mass is 16.2. The van der Waals surface area contributed by atoms with E-state index in [1.165, 1.54) is 11.1 Å². The molecule has 1 heterocycles. The number of aryl methyl sites for hydroxylation is 2. The Labute approximate surface area is 128 Å². The maximum absolute atomic E-state index is 12.3. The molecule has 0 bridgehead atoms. The van der Waals surface area contributed by atoms with Crippen LogP contribution in [0.1, 0.15) is 37.3 Å². The number of piperidine rings is 1. The van der Waals surface area contributed by atoms with Crippen LogP contribution < -0.4 is 5.32 Å². The van der Waals surface area contributed by atoms with Gasteiger partial charge in [-0.2, -0.15) is 0 Å². The number of carbonyl (C=O) groups is 1. The molecule has 0 spiro atoms. The summed E-state index contributed by atoms with van der Waals surface area (Å²) in [4.78, 5) is 14.3. The van der Waals surface area contributed by atoms with E-state index in [1.54, 1.807) is 0 Å². The Hall–Kier alpha value is -1.35. The smallest absolute Gasteiger partial charge is 0.222 e. The molecule has 2 rings (SSSR count). The Balaban J connectivity index is 1.72. The number of likely N-dealkylation sites (tertiary alicyclic amines) is 1. The van der Waals surface area contributed by atoms with Crippen LogP contribution in [0.15, 0.2) is 24.3 Å². The molecule has 1 fully saturated rings. The van der Waals surface area contributed by atoms with Gasteiger partial charge in [0.2, 0.25) is 5.91 Å². The highest BCUT2D eigenvalue weighted by Crippen LogP contribution is 2.17. The minimum Gasteiger partial charge on any atom is -0.343 e. The molecule has 0 radical (unpaired) electrons. The Bertz CT molecular complexity index is 450. The van der Waals surface area contributed by atoms with Crippen molar-refractivity contribution in [2.45, 2.75) is 39.5 Å². The molecule has 0 aliphatic carbocycles. The van der Waals surface area contributed by atoms with Gasteiger partial charge in [0.05, 0.1) is 0 Å². The summed E-state index contributed by atoms with van der Waals surface area (Å²) < 4.78 is 0. The highest BCUT2D eigenvalue weighted by molar-refractivity contribution is 5.76. The lowest BCUT2D eigenvalue weighted by atomic mass is 9.96. The van der Waals surface area contributed by atoms with Crippen molar-refractivity contribution in [1.82, 2.24) is 10.2 Å². The Morgan fingerprint density at radius 3 is 2.76 bits per heavy atom. The third kappa shape index (κ3) is 5.16. The maximum Gasteiger partial charge on any atom is 0.222 e. The van der Waals surface area contributed by atoms with Crippen LogP contribution in [0.25, 0.3) is 0 Å². The Morgan fingerprint density at radius 1 is 1.33 bits per heavy atom. The third-order valence-electron chi connectivity index (χ3n) is 4.36. The highest BCUT2D eigenvalue weighted by Gasteiger charge is 2.22. The number of nitrogens with one attached hydrogen (secondary N) is 1. The topological polar surface area (TPSA) is 32.3 Å². The zero-order valence-electron chi connectivity index (χ0n) is 13.4. The average molecular weight is 288 g/mol. The SMILES string of the molecule is CCNCC1CCN(C(=O)CCc2cccc(C)c2)CC1. The number of hydrogen-bond donors (Lipinski definition) is 1. The summed E-state index contributed by atoms with van der Waals surface area (Å²) in [7, 11) is 0. The summed E-state index contributed by atoms with van der Waals surface area (Å²) in [6.45, 7) is 8.24. The number of benzene rings is 1. The quantitative estimate of drug-likeness (QED) is 0.873. The van der Waals surface area contributed by atoms with Gasteiger partial charge in [-0.25, -0.2) is 0 Å². The van der Waals surface area contributed by atoms with Gasteiger partial charge in [-0.1, -0.05) is 36.8 Å². The molecule has 21 heavy (non-hydrogen) atoms. The molecule has 1 amide bonds. The molecule has 116 valence electrons. The molecule has 0 aromatic heterocycles.